The predicted molar refractivity (Wildman–Crippen MR) is 113 cm³/mol. The van der Waals surface area contributed by atoms with Crippen LogP contribution in [0.4, 0.5) is 11.4 Å². The molecule has 7 heteroatoms. The fourth-order valence-electron chi connectivity index (χ4n) is 3.54. The molecule has 2 amide bonds. The zero-order chi connectivity index (χ0) is 21.1. The number of rotatable bonds is 5. The largest absolute Gasteiger partial charge is 0.497 e. The summed E-state index contributed by atoms with van der Waals surface area (Å²) < 4.78 is 15.7. The fourth-order valence-corrected chi connectivity index (χ4v) is 3.54. The van der Waals surface area contributed by atoms with Crippen molar-refractivity contribution in [2.24, 2.45) is 0 Å². The van der Waals surface area contributed by atoms with Crippen LogP contribution in [0.2, 0.25) is 0 Å². The van der Waals surface area contributed by atoms with Crippen LogP contribution < -0.4 is 19.7 Å². The molecule has 4 rings (SSSR count). The van der Waals surface area contributed by atoms with Crippen molar-refractivity contribution < 1.29 is 23.5 Å². The Morgan fingerprint density at radius 1 is 1.03 bits per heavy atom. The van der Waals surface area contributed by atoms with Crippen molar-refractivity contribution in [2.45, 2.75) is 12.8 Å². The molecule has 1 aliphatic heterocycles. The molecular weight excluding hydrogens is 384 g/mol. The summed E-state index contributed by atoms with van der Waals surface area (Å²) in [6.45, 7) is 0.594. The first-order valence-corrected chi connectivity index (χ1v) is 9.62. The quantitative estimate of drug-likeness (QED) is 0.689. The zero-order valence-corrected chi connectivity index (χ0v) is 16.8. The Labute approximate surface area is 174 Å². The Balaban J connectivity index is 1.60. The second kappa shape index (κ2) is 8.32. The number of anilines is 2. The Morgan fingerprint density at radius 3 is 2.47 bits per heavy atom. The third-order valence-electron chi connectivity index (χ3n) is 5.05. The monoisotopic (exact) mass is 406 g/mol. The van der Waals surface area contributed by atoms with Gasteiger partial charge >= 0.3 is 0 Å². The number of carbonyl (C=O) groups is 2. The molecule has 7 nitrogen and oxygen atoms in total. The van der Waals surface area contributed by atoms with Gasteiger partial charge in [0, 0.05) is 29.5 Å². The van der Waals surface area contributed by atoms with Gasteiger partial charge in [0.2, 0.25) is 0 Å². The van der Waals surface area contributed by atoms with Gasteiger partial charge in [0.25, 0.3) is 11.8 Å². The highest BCUT2D eigenvalue weighted by Gasteiger charge is 2.25. The standard InChI is InChI=1S/C23H22N2O5/c1-28-18-11-16(12-19(14-18)29-2)22(26)24-17-8-7-15-5-3-9-25(20(15)13-17)23(27)21-6-4-10-30-21/h4,6-8,10-14H,3,5,9H2,1-2H3,(H,24,26). The number of hydrogen-bond acceptors (Lipinski definition) is 5. The van der Waals surface area contributed by atoms with E-state index >= 15 is 0 Å². The van der Waals surface area contributed by atoms with Gasteiger partial charge in [0.15, 0.2) is 5.76 Å². The molecule has 0 fully saturated rings. The van der Waals surface area contributed by atoms with E-state index in [2.05, 4.69) is 5.32 Å². The molecule has 2 heterocycles. The number of hydrogen-bond donors (Lipinski definition) is 1. The van der Waals surface area contributed by atoms with Gasteiger partial charge < -0.3 is 24.1 Å². The number of carbonyl (C=O) groups excluding carboxylic acids is 2. The van der Waals surface area contributed by atoms with E-state index in [9.17, 15) is 9.59 Å². The Hall–Kier alpha value is -3.74. The summed E-state index contributed by atoms with van der Waals surface area (Å²) in [5.74, 6) is 0.856. The van der Waals surface area contributed by atoms with Crippen molar-refractivity contribution in [3.63, 3.8) is 0 Å². The average molecular weight is 406 g/mol. The van der Waals surface area contributed by atoms with Crippen LogP contribution in [0.1, 0.15) is 32.9 Å². The number of furan rings is 1. The second-order valence-corrected chi connectivity index (χ2v) is 6.94. The molecule has 154 valence electrons. The van der Waals surface area contributed by atoms with Gasteiger partial charge in [-0.25, -0.2) is 0 Å². The molecule has 0 bridgehead atoms. The van der Waals surface area contributed by atoms with Crippen LogP contribution in [0.5, 0.6) is 11.5 Å². The number of methoxy groups -OCH3 is 2. The van der Waals surface area contributed by atoms with Crippen LogP contribution >= 0.6 is 0 Å². The van der Waals surface area contributed by atoms with Crippen molar-refractivity contribution in [1.29, 1.82) is 0 Å². The van der Waals surface area contributed by atoms with E-state index in [0.717, 1.165) is 24.1 Å². The summed E-state index contributed by atoms with van der Waals surface area (Å²) in [4.78, 5) is 27.3. The lowest BCUT2D eigenvalue weighted by molar-refractivity contribution is 0.0958. The normalized spacial score (nSPS) is 12.8. The smallest absolute Gasteiger partial charge is 0.293 e. The highest BCUT2D eigenvalue weighted by molar-refractivity contribution is 6.07. The molecule has 0 atom stereocenters. The minimum Gasteiger partial charge on any atom is -0.497 e. The first kappa shape index (κ1) is 19.6. The van der Waals surface area contributed by atoms with Crippen molar-refractivity contribution in [3.8, 4) is 11.5 Å². The molecule has 1 aromatic heterocycles. The molecule has 1 N–H and O–H groups in total. The maximum atomic E-state index is 12.8. The summed E-state index contributed by atoms with van der Waals surface area (Å²) in [6, 6.07) is 13.9. The number of ether oxygens (including phenoxy) is 2. The lowest BCUT2D eigenvalue weighted by Crippen LogP contribution is -2.35. The number of benzene rings is 2. The maximum absolute atomic E-state index is 12.8. The third-order valence-corrected chi connectivity index (χ3v) is 5.05. The Bertz CT molecular complexity index is 1050. The maximum Gasteiger partial charge on any atom is 0.293 e. The van der Waals surface area contributed by atoms with Crippen LogP contribution in [0.25, 0.3) is 0 Å². The number of fused-ring (bicyclic) bond motifs is 1. The molecule has 0 saturated carbocycles. The van der Waals surface area contributed by atoms with E-state index in [4.69, 9.17) is 13.9 Å². The van der Waals surface area contributed by atoms with Gasteiger partial charge in [-0.05, 0) is 54.8 Å². The topological polar surface area (TPSA) is 81.0 Å². The number of nitrogens with zero attached hydrogens (tertiary/aromatic N) is 1. The molecule has 0 aliphatic carbocycles. The van der Waals surface area contributed by atoms with Crippen LogP contribution in [0, 0.1) is 0 Å². The summed E-state index contributed by atoms with van der Waals surface area (Å²) in [7, 11) is 3.06. The van der Waals surface area contributed by atoms with Crippen molar-refractivity contribution in [2.75, 3.05) is 31.0 Å². The lowest BCUT2D eigenvalue weighted by atomic mass is 10.0. The highest BCUT2D eigenvalue weighted by atomic mass is 16.5. The van der Waals surface area contributed by atoms with Crippen molar-refractivity contribution in [1.82, 2.24) is 0 Å². The summed E-state index contributed by atoms with van der Waals surface area (Å²) in [6.07, 6.45) is 3.23. The minimum absolute atomic E-state index is 0.193. The van der Waals surface area contributed by atoms with E-state index in [1.54, 1.807) is 35.2 Å². The fraction of sp³-hybridized carbons (Fsp3) is 0.217. The van der Waals surface area contributed by atoms with Crippen LogP contribution in [0.3, 0.4) is 0 Å². The van der Waals surface area contributed by atoms with E-state index < -0.39 is 0 Å². The summed E-state index contributed by atoms with van der Waals surface area (Å²) >= 11 is 0. The van der Waals surface area contributed by atoms with Gasteiger partial charge in [-0.3, -0.25) is 9.59 Å². The van der Waals surface area contributed by atoms with Crippen LogP contribution in [0.15, 0.2) is 59.2 Å². The average Bonchev–Trinajstić information content (AvgIpc) is 3.32. The van der Waals surface area contributed by atoms with E-state index in [0.29, 0.717) is 35.1 Å². The predicted octanol–water partition coefficient (Wildman–Crippen LogP) is 4.14. The molecular formula is C23H22N2O5. The number of aryl methyl sites for hydroxylation is 1. The molecule has 0 radical (unpaired) electrons. The van der Waals surface area contributed by atoms with Crippen LogP contribution in [-0.4, -0.2) is 32.6 Å². The van der Waals surface area contributed by atoms with Gasteiger partial charge in [-0.1, -0.05) is 6.07 Å². The summed E-state index contributed by atoms with van der Waals surface area (Å²) in [5.41, 5.74) is 2.85. The van der Waals surface area contributed by atoms with Gasteiger partial charge in [0.1, 0.15) is 11.5 Å². The zero-order valence-electron chi connectivity index (χ0n) is 16.8. The Kier molecular flexibility index (Phi) is 5.43. The van der Waals surface area contributed by atoms with Gasteiger partial charge in [-0.15, -0.1) is 0 Å². The van der Waals surface area contributed by atoms with Gasteiger partial charge in [-0.2, -0.15) is 0 Å². The lowest BCUT2D eigenvalue weighted by Gasteiger charge is -2.29. The number of amides is 2. The first-order valence-electron chi connectivity index (χ1n) is 9.62. The molecule has 1 aliphatic rings. The number of nitrogens with one attached hydrogen (secondary N) is 1. The SMILES string of the molecule is COc1cc(OC)cc(C(=O)Nc2ccc3c(c2)N(C(=O)c2ccco2)CCC3)c1. The molecule has 2 aromatic carbocycles. The van der Waals surface area contributed by atoms with E-state index in [1.807, 2.05) is 18.2 Å². The van der Waals surface area contributed by atoms with Crippen molar-refractivity contribution >= 4 is 23.2 Å². The highest BCUT2D eigenvalue weighted by Crippen LogP contribution is 2.32. The molecule has 3 aromatic rings. The van der Waals surface area contributed by atoms with Crippen LogP contribution in [-0.2, 0) is 6.42 Å². The molecule has 30 heavy (non-hydrogen) atoms. The molecule has 0 unspecified atom stereocenters. The van der Waals surface area contributed by atoms with E-state index in [1.165, 1.54) is 20.5 Å². The minimum atomic E-state index is -0.299. The molecule has 0 spiro atoms. The molecule has 0 saturated heterocycles. The third kappa shape index (κ3) is 3.87. The van der Waals surface area contributed by atoms with Crippen molar-refractivity contribution in [3.05, 3.63) is 71.7 Å². The summed E-state index contributed by atoms with van der Waals surface area (Å²) in [5, 5.41) is 2.89. The van der Waals surface area contributed by atoms with E-state index in [-0.39, 0.29) is 11.8 Å². The Morgan fingerprint density at radius 2 is 1.80 bits per heavy atom. The van der Waals surface area contributed by atoms with Gasteiger partial charge in [0.05, 0.1) is 20.5 Å². The first-order chi connectivity index (χ1) is 14.6. The second-order valence-electron chi connectivity index (χ2n) is 6.94.